The van der Waals surface area contributed by atoms with Crippen molar-refractivity contribution in [2.75, 3.05) is 6.61 Å². The minimum Gasteiger partial charge on any atom is -0.481 e. The van der Waals surface area contributed by atoms with E-state index in [9.17, 15) is 24.0 Å². The number of primary amides is 1. The van der Waals surface area contributed by atoms with Gasteiger partial charge < -0.3 is 30.6 Å². The largest absolute Gasteiger partial charge is 0.481 e. The van der Waals surface area contributed by atoms with E-state index < -0.39 is 48.6 Å². The number of hydrogen-bond acceptors (Lipinski definition) is 7. The summed E-state index contributed by atoms with van der Waals surface area (Å²) in [6, 6.07) is -0.0370. The van der Waals surface area contributed by atoms with Gasteiger partial charge in [-0.3, -0.25) is 19.2 Å². The van der Waals surface area contributed by atoms with E-state index in [1.54, 1.807) is 23.6 Å². The Hall–Kier alpha value is -4.48. The molecule has 0 aliphatic rings. The summed E-state index contributed by atoms with van der Waals surface area (Å²) < 4.78 is 7.22. The van der Waals surface area contributed by atoms with Gasteiger partial charge in [0.05, 0.1) is 22.9 Å². The summed E-state index contributed by atoms with van der Waals surface area (Å²) in [5.74, 6) is -6.11. The van der Waals surface area contributed by atoms with Crippen LogP contribution in [0.3, 0.4) is 0 Å². The lowest BCUT2D eigenvalue weighted by atomic mass is 10.1. The highest BCUT2D eigenvalue weighted by molar-refractivity contribution is 6.45. The number of allylic oxidation sites excluding steroid dienone is 3. The summed E-state index contributed by atoms with van der Waals surface area (Å²) in [7, 11) is 0. The number of fused-ring (bicyclic) bond motifs is 1. The zero-order valence-corrected chi connectivity index (χ0v) is 20.5. The second-order valence-electron chi connectivity index (χ2n) is 7.64. The number of ketones is 1. The average Bonchev–Trinajstić information content (AvgIpc) is 3.08. The Kier molecular flexibility index (Phi) is 11.0. The van der Waals surface area contributed by atoms with Crippen molar-refractivity contribution in [3.8, 4) is 5.88 Å². The van der Waals surface area contributed by atoms with Crippen LogP contribution in [0.1, 0.15) is 43.2 Å². The van der Waals surface area contributed by atoms with Gasteiger partial charge in [0.25, 0.3) is 17.6 Å². The van der Waals surface area contributed by atoms with Crippen LogP contribution >= 0.6 is 0 Å². The molecule has 2 rings (SSSR count). The highest BCUT2D eigenvalue weighted by Gasteiger charge is 2.28. The maximum Gasteiger partial charge on any atom is 0.326 e. The molecule has 2 amide bonds. The lowest BCUT2D eigenvalue weighted by Crippen LogP contribution is -2.44. The number of rotatable bonds is 11. The zero-order chi connectivity index (χ0) is 27.6. The van der Waals surface area contributed by atoms with Crippen molar-refractivity contribution in [2.24, 2.45) is 5.73 Å². The third-order valence-corrected chi connectivity index (χ3v) is 4.90. The van der Waals surface area contributed by atoms with Gasteiger partial charge >= 0.3 is 11.9 Å². The van der Waals surface area contributed by atoms with Gasteiger partial charge in [0.15, 0.2) is 6.61 Å². The summed E-state index contributed by atoms with van der Waals surface area (Å²) in [5, 5.41) is 20.1. The first-order chi connectivity index (χ1) is 16.9. The predicted molar refractivity (Wildman–Crippen MR) is 131 cm³/mol. The van der Waals surface area contributed by atoms with E-state index in [4.69, 9.17) is 20.7 Å². The van der Waals surface area contributed by atoms with E-state index in [1.807, 2.05) is 32.2 Å². The van der Waals surface area contributed by atoms with Crippen molar-refractivity contribution in [3.05, 3.63) is 47.8 Å². The minimum absolute atomic E-state index is 0.0146. The van der Waals surface area contributed by atoms with E-state index in [-0.39, 0.29) is 16.8 Å². The molecule has 2 aromatic rings. The van der Waals surface area contributed by atoms with Gasteiger partial charge in [0.2, 0.25) is 5.88 Å². The molecule has 12 heteroatoms. The number of Topliss-reactive ketones (excluding diaryl/α,β-unsaturated/α-hetero) is 1. The van der Waals surface area contributed by atoms with E-state index in [1.165, 1.54) is 6.20 Å². The van der Waals surface area contributed by atoms with Gasteiger partial charge in [-0.25, -0.2) is 9.78 Å². The highest BCUT2D eigenvalue weighted by Crippen LogP contribution is 2.33. The van der Waals surface area contributed by atoms with Gasteiger partial charge in [0, 0.05) is 18.4 Å². The smallest absolute Gasteiger partial charge is 0.326 e. The van der Waals surface area contributed by atoms with E-state index in [2.05, 4.69) is 11.6 Å². The number of carboxylic acid groups (broad SMARTS) is 2. The van der Waals surface area contributed by atoms with Gasteiger partial charge in [-0.2, -0.15) is 0 Å². The van der Waals surface area contributed by atoms with Crippen LogP contribution in [0.4, 0.5) is 0 Å². The van der Waals surface area contributed by atoms with Crippen molar-refractivity contribution >= 4 is 40.4 Å². The molecule has 2 heterocycles. The van der Waals surface area contributed by atoms with Gasteiger partial charge in [-0.15, -0.1) is 6.58 Å². The van der Waals surface area contributed by atoms with E-state index in [0.29, 0.717) is 17.8 Å². The van der Waals surface area contributed by atoms with Crippen molar-refractivity contribution in [2.45, 2.75) is 46.7 Å². The van der Waals surface area contributed by atoms with Crippen molar-refractivity contribution in [1.29, 1.82) is 0 Å². The predicted octanol–water partition coefficient (Wildman–Crippen LogP) is 1.59. The number of carbonyl (C=O) groups is 5. The number of hydrogen-bond donors (Lipinski definition) is 4. The summed E-state index contributed by atoms with van der Waals surface area (Å²) in [6.45, 7) is 10.3. The molecule has 0 aliphatic carbocycles. The molecule has 5 N–H and O–H groups in total. The maximum absolute atomic E-state index is 12.6. The van der Waals surface area contributed by atoms with Crippen LogP contribution in [0, 0.1) is 6.92 Å². The summed E-state index contributed by atoms with van der Waals surface area (Å²) in [4.78, 5) is 62.4. The Morgan fingerprint density at radius 2 is 1.86 bits per heavy atom. The number of amides is 2. The Labute approximate surface area is 207 Å². The number of pyridine rings is 1. The van der Waals surface area contributed by atoms with Crippen molar-refractivity contribution < 1.29 is 38.9 Å². The van der Waals surface area contributed by atoms with Crippen LogP contribution in [0.5, 0.6) is 5.88 Å². The molecule has 0 bridgehead atoms. The number of nitrogens with two attached hydrogens (primary N) is 1. The number of nitrogens with one attached hydrogen (secondary N) is 1. The van der Waals surface area contributed by atoms with E-state index >= 15 is 0 Å². The fraction of sp³-hybridized carbons (Fsp3) is 0.333. The number of carboxylic acids is 2. The second kappa shape index (κ2) is 13.4. The second-order valence-corrected chi connectivity index (χ2v) is 7.64. The first-order valence-electron chi connectivity index (χ1n) is 10.8. The number of carbonyl (C=O) groups excluding carboxylic acids is 3. The standard InChI is InChI=1S/C21H24N4O8.C3H6/c1-4-10(2)8-25-11(3)16(18(29)19(22)30)17-13(25)5-6-23-20(17)33-9-14(26)24-12(21(31)32)7-15(27)28;1-3-2/h4-6,12H,7-9H2,1-3H3,(H2,22,30)(H,24,26)(H,27,28)(H,31,32);3H,1H2,2H3/b10-4+;. The van der Waals surface area contributed by atoms with E-state index in [0.717, 1.165) is 5.57 Å². The third-order valence-electron chi connectivity index (χ3n) is 4.90. The summed E-state index contributed by atoms with van der Waals surface area (Å²) >= 11 is 0. The molecule has 12 nitrogen and oxygen atoms in total. The maximum atomic E-state index is 12.6. The Balaban J connectivity index is 0.00000205. The van der Waals surface area contributed by atoms with Crippen molar-refractivity contribution in [1.82, 2.24) is 14.9 Å². The SMILES string of the molecule is C/C=C(\C)Cn1c(C)c(C(=O)C(N)=O)c2c(OCC(=O)NC(CC(=O)O)C(=O)O)nccc21.C=CC. The normalized spacial score (nSPS) is 11.6. The molecule has 0 radical (unpaired) electrons. The summed E-state index contributed by atoms with van der Waals surface area (Å²) in [5.41, 5.74) is 7.14. The first kappa shape index (κ1) is 29.6. The molecule has 1 atom stereocenters. The van der Waals surface area contributed by atoms with Crippen LogP contribution in [-0.2, 0) is 25.7 Å². The molecular formula is C24H30N4O8. The van der Waals surface area contributed by atoms with Gasteiger partial charge in [-0.05, 0) is 33.8 Å². The minimum atomic E-state index is -1.65. The van der Waals surface area contributed by atoms with Gasteiger partial charge in [-0.1, -0.05) is 17.7 Å². The third kappa shape index (κ3) is 7.52. The zero-order valence-electron chi connectivity index (χ0n) is 20.5. The number of ether oxygens (including phenoxy) is 1. The molecule has 0 aliphatic heterocycles. The van der Waals surface area contributed by atoms with Crippen LogP contribution < -0.4 is 15.8 Å². The van der Waals surface area contributed by atoms with Crippen molar-refractivity contribution in [3.63, 3.8) is 0 Å². The fourth-order valence-electron chi connectivity index (χ4n) is 3.19. The van der Waals surface area contributed by atoms with Crippen LogP contribution in [0.25, 0.3) is 10.9 Å². The quantitative estimate of drug-likeness (QED) is 0.201. The lowest BCUT2D eigenvalue weighted by molar-refractivity contribution is -0.147. The summed E-state index contributed by atoms with van der Waals surface area (Å²) in [6.07, 6.45) is 4.21. The Morgan fingerprint density at radius 1 is 1.25 bits per heavy atom. The molecule has 0 aromatic carbocycles. The molecule has 0 saturated carbocycles. The number of aliphatic carboxylic acids is 2. The monoisotopic (exact) mass is 502 g/mol. The Morgan fingerprint density at radius 3 is 2.36 bits per heavy atom. The topological polar surface area (TPSA) is 191 Å². The lowest BCUT2D eigenvalue weighted by Gasteiger charge is -2.13. The molecule has 194 valence electrons. The molecular weight excluding hydrogens is 472 g/mol. The molecule has 36 heavy (non-hydrogen) atoms. The fourth-order valence-corrected chi connectivity index (χ4v) is 3.19. The number of nitrogens with zero attached hydrogens (tertiary/aromatic N) is 2. The molecule has 0 saturated heterocycles. The first-order valence-corrected chi connectivity index (χ1v) is 10.8. The molecule has 1 unspecified atom stereocenters. The highest BCUT2D eigenvalue weighted by atomic mass is 16.5. The van der Waals surface area contributed by atoms with Crippen LogP contribution in [0.2, 0.25) is 0 Å². The average molecular weight is 503 g/mol. The van der Waals surface area contributed by atoms with Crippen LogP contribution in [-0.4, -0.2) is 61.9 Å². The molecule has 0 spiro atoms. The van der Waals surface area contributed by atoms with Gasteiger partial charge in [0.1, 0.15) is 6.04 Å². The molecule has 0 fully saturated rings. The number of aromatic nitrogens is 2. The molecule has 2 aromatic heterocycles. The Bertz CT molecular complexity index is 1210. The van der Waals surface area contributed by atoms with Crippen LogP contribution in [0.15, 0.2) is 36.6 Å².